The van der Waals surface area contributed by atoms with E-state index in [1.54, 1.807) is 15.6 Å². The normalized spacial score (nSPS) is 16.2. The van der Waals surface area contributed by atoms with Crippen LogP contribution in [-0.4, -0.2) is 50.8 Å². The Morgan fingerprint density at radius 2 is 2.08 bits per heavy atom. The number of piperidine rings is 1. The van der Waals surface area contributed by atoms with Crippen molar-refractivity contribution in [2.24, 2.45) is 5.92 Å². The summed E-state index contributed by atoms with van der Waals surface area (Å²) in [6.07, 6.45) is 3.45. The highest BCUT2D eigenvalue weighted by atomic mass is 79.9. The van der Waals surface area contributed by atoms with Gasteiger partial charge < -0.3 is 15.0 Å². The van der Waals surface area contributed by atoms with Gasteiger partial charge >= 0.3 is 6.09 Å². The minimum absolute atomic E-state index is 0.212. The van der Waals surface area contributed by atoms with E-state index >= 15 is 0 Å². The first kappa shape index (κ1) is 18.0. The van der Waals surface area contributed by atoms with Crippen molar-refractivity contribution in [2.45, 2.75) is 39.2 Å². The number of carbonyl (C=O) groups excluding carboxylic acids is 1. The maximum absolute atomic E-state index is 12.1. The number of aromatic nitrogens is 3. The zero-order valence-corrected chi connectivity index (χ0v) is 16.4. The molecule has 1 fully saturated rings. The second kappa shape index (κ2) is 7.19. The number of anilines is 1. The molecule has 1 aliphatic heterocycles. The first-order valence-corrected chi connectivity index (χ1v) is 9.33. The molecule has 0 aromatic carbocycles. The number of imidazole rings is 1. The third kappa shape index (κ3) is 4.62. The Bertz CT molecular complexity index is 747. The summed E-state index contributed by atoms with van der Waals surface area (Å²) in [6, 6.07) is 3.87. The fourth-order valence-corrected chi connectivity index (χ4v) is 3.20. The lowest BCUT2D eigenvalue weighted by Crippen LogP contribution is -2.42. The maximum atomic E-state index is 12.1. The fraction of sp³-hybridized carbons (Fsp3) is 0.588. The van der Waals surface area contributed by atoms with Crippen LogP contribution in [0, 0.1) is 5.92 Å². The highest BCUT2D eigenvalue weighted by molar-refractivity contribution is 9.10. The second-order valence-corrected chi connectivity index (χ2v) is 8.17. The summed E-state index contributed by atoms with van der Waals surface area (Å²) >= 11 is 3.43. The van der Waals surface area contributed by atoms with Gasteiger partial charge in [0, 0.05) is 19.6 Å². The van der Waals surface area contributed by atoms with Gasteiger partial charge in [0.25, 0.3) is 0 Å². The number of amides is 1. The molecule has 0 bridgehead atoms. The van der Waals surface area contributed by atoms with Gasteiger partial charge in [0.15, 0.2) is 5.65 Å². The van der Waals surface area contributed by atoms with E-state index in [-0.39, 0.29) is 6.09 Å². The zero-order chi connectivity index (χ0) is 18.0. The van der Waals surface area contributed by atoms with Crippen molar-refractivity contribution in [1.82, 2.24) is 19.5 Å². The number of rotatable bonds is 3. The van der Waals surface area contributed by atoms with Gasteiger partial charge in [0.2, 0.25) is 0 Å². The molecular formula is C17H24BrN5O2. The van der Waals surface area contributed by atoms with Crippen LogP contribution in [0.25, 0.3) is 5.65 Å². The van der Waals surface area contributed by atoms with Crippen molar-refractivity contribution in [2.75, 3.05) is 25.0 Å². The third-order valence-electron chi connectivity index (χ3n) is 4.16. The Morgan fingerprint density at radius 3 is 2.76 bits per heavy atom. The van der Waals surface area contributed by atoms with E-state index in [0.29, 0.717) is 5.92 Å². The van der Waals surface area contributed by atoms with Gasteiger partial charge in [-0.05, 0) is 67.6 Å². The number of fused-ring (bicyclic) bond motifs is 1. The quantitative estimate of drug-likeness (QED) is 0.838. The van der Waals surface area contributed by atoms with Gasteiger partial charge in [-0.25, -0.2) is 14.3 Å². The predicted molar refractivity (Wildman–Crippen MR) is 99.7 cm³/mol. The molecule has 0 atom stereocenters. The van der Waals surface area contributed by atoms with Gasteiger partial charge in [0.05, 0.1) is 6.20 Å². The van der Waals surface area contributed by atoms with Crippen molar-refractivity contribution >= 4 is 33.5 Å². The van der Waals surface area contributed by atoms with Crippen LogP contribution in [0.4, 0.5) is 10.6 Å². The Hall–Kier alpha value is -1.83. The number of likely N-dealkylation sites (tertiary alicyclic amines) is 1. The SMILES string of the molecule is CC(C)(C)OC(=O)N1CCC(CNc2ccc3ncc(Br)n3n2)CC1. The number of hydrogen-bond donors (Lipinski definition) is 1. The lowest BCUT2D eigenvalue weighted by atomic mass is 9.97. The van der Waals surface area contributed by atoms with Crippen LogP contribution in [-0.2, 0) is 4.74 Å². The van der Waals surface area contributed by atoms with Crippen molar-refractivity contribution < 1.29 is 9.53 Å². The second-order valence-electron chi connectivity index (χ2n) is 7.36. The Balaban J connectivity index is 1.48. The predicted octanol–water partition coefficient (Wildman–Crippen LogP) is 3.55. The van der Waals surface area contributed by atoms with Gasteiger partial charge in [-0.3, -0.25) is 0 Å². The van der Waals surface area contributed by atoms with Crippen LogP contribution in [0.15, 0.2) is 22.9 Å². The molecule has 3 heterocycles. The molecule has 136 valence electrons. The van der Waals surface area contributed by atoms with Gasteiger partial charge in [-0.15, -0.1) is 5.10 Å². The summed E-state index contributed by atoms with van der Waals surface area (Å²) in [7, 11) is 0. The van der Waals surface area contributed by atoms with Crippen molar-refractivity contribution in [3.8, 4) is 0 Å². The van der Waals surface area contributed by atoms with Crippen LogP contribution in [0.3, 0.4) is 0 Å². The molecule has 0 spiro atoms. The number of halogens is 1. The molecule has 2 aromatic heterocycles. The van der Waals surface area contributed by atoms with Crippen molar-refractivity contribution in [3.63, 3.8) is 0 Å². The summed E-state index contributed by atoms with van der Waals surface area (Å²) in [4.78, 5) is 18.1. The van der Waals surface area contributed by atoms with E-state index in [0.717, 1.165) is 48.5 Å². The van der Waals surface area contributed by atoms with Gasteiger partial charge in [-0.1, -0.05) is 0 Å². The topological polar surface area (TPSA) is 71.8 Å². The fourth-order valence-electron chi connectivity index (χ4n) is 2.83. The molecule has 1 amide bonds. The van der Waals surface area contributed by atoms with Crippen LogP contribution in [0.5, 0.6) is 0 Å². The number of nitrogens with one attached hydrogen (secondary N) is 1. The number of carbonyl (C=O) groups is 1. The van der Waals surface area contributed by atoms with E-state index in [2.05, 4.69) is 31.3 Å². The van der Waals surface area contributed by atoms with E-state index in [9.17, 15) is 4.79 Å². The van der Waals surface area contributed by atoms with Crippen molar-refractivity contribution in [1.29, 1.82) is 0 Å². The van der Waals surface area contributed by atoms with Crippen LogP contribution < -0.4 is 5.32 Å². The molecule has 0 saturated carbocycles. The molecular weight excluding hydrogens is 386 g/mol. The summed E-state index contributed by atoms with van der Waals surface area (Å²) in [5.41, 5.74) is 0.365. The van der Waals surface area contributed by atoms with Crippen LogP contribution in [0.1, 0.15) is 33.6 Å². The molecule has 3 rings (SSSR count). The molecule has 8 heteroatoms. The molecule has 2 aromatic rings. The molecule has 25 heavy (non-hydrogen) atoms. The highest BCUT2D eigenvalue weighted by Gasteiger charge is 2.26. The minimum atomic E-state index is -0.443. The minimum Gasteiger partial charge on any atom is -0.444 e. The average Bonchev–Trinajstić information content (AvgIpc) is 2.93. The summed E-state index contributed by atoms with van der Waals surface area (Å²) in [6.45, 7) is 7.99. The van der Waals surface area contributed by atoms with Crippen molar-refractivity contribution in [3.05, 3.63) is 22.9 Å². The lowest BCUT2D eigenvalue weighted by Gasteiger charge is -2.33. The lowest BCUT2D eigenvalue weighted by molar-refractivity contribution is 0.0188. The first-order valence-electron chi connectivity index (χ1n) is 8.54. The number of hydrogen-bond acceptors (Lipinski definition) is 5. The molecule has 1 aliphatic rings. The Labute approximate surface area is 155 Å². The van der Waals surface area contributed by atoms with Gasteiger partial charge in [0.1, 0.15) is 16.0 Å². The molecule has 0 unspecified atom stereocenters. The summed E-state index contributed by atoms with van der Waals surface area (Å²) < 4.78 is 8.02. The van der Waals surface area contributed by atoms with E-state index in [4.69, 9.17) is 4.74 Å². The largest absolute Gasteiger partial charge is 0.444 e. The molecule has 0 aliphatic carbocycles. The standard InChI is InChI=1S/C17H24BrN5O2/c1-17(2,3)25-16(24)22-8-6-12(7-9-22)10-19-14-4-5-15-20-11-13(18)23(15)21-14/h4-5,11-12H,6-10H2,1-3H3,(H,19,21). The van der Waals surface area contributed by atoms with E-state index < -0.39 is 5.60 Å². The van der Waals surface area contributed by atoms with Crippen LogP contribution in [0.2, 0.25) is 0 Å². The van der Waals surface area contributed by atoms with E-state index in [1.165, 1.54) is 0 Å². The summed E-state index contributed by atoms with van der Waals surface area (Å²) in [5.74, 6) is 1.34. The number of nitrogens with zero attached hydrogens (tertiary/aromatic N) is 4. The molecule has 1 N–H and O–H groups in total. The van der Waals surface area contributed by atoms with Crippen LogP contribution >= 0.6 is 15.9 Å². The smallest absolute Gasteiger partial charge is 0.410 e. The highest BCUT2D eigenvalue weighted by Crippen LogP contribution is 2.20. The monoisotopic (exact) mass is 409 g/mol. The first-order chi connectivity index (χ1) is 11.8. The molecule has 7 nitrogen and oxygen atoms in total. The molecule has 0 radical (unpaired) electrons. The van der Waals surface area contributed by atoms with E-state index in [1.807, 2.05) is 32.9 Å². The maximum Gasteiger partial charge on any atom is 0.410 e. The number of ether oxygens (including phenoxy) is 1. The zero-order valence-electron chi connectivity index (χ0n) is 14.8. The molecule has 1 saturated heterocycles. The Morgan fingerprint density at radius 1 is 1.36 bits per heavy atom. The average molecular weight is 410 g/mol. The van der Waals surface area contributed by atoms with Gasteiger partial charge in [-0.2, -0.15) is 0 Å². The Kier molecular flexibility index (Phi) is 5.17. The summed E-state index contributed by atoms with van der Waals surface area (Å²) in [5, 5.41) is 7.90. The third-order valence-corrected chi connectivity index (χ3v) is 4.70.